The number of rotatable bonds is 7. The molecule has 1 spiro atoms. The molecule has 2 fully saturated rings. The van der Waals surface area contributed by atoms with Crippen LogP contribution in [0.3, 0.4) is 0 Å². The lowest BCUT2D eigenvalue weighted by molar-refractivity contribution is -0.140. The standard InChI is InChI=1S/C25H33N3O4/c1-4-5-12-21-19(18-11-6-7-13-20(18)32-21)15-27(3)22(29)16-28-23(30)25(26-24(28)31)14-9-8-10-17(25)2/h6-7,11,13,17H,4-5,8-10,12,14-16H2,1-3H3,(H,26,31). The van der Waals surface area contributed by atoms with Crippen molar-refractivity contribution in [3.05, 3.63) is 35.6 Å². The molecule has 2 atom stereocenters. The Kier molecular flexibility index (Phi) is 6.26. The first-order valence-electron chi connectivity index (χ1n) is 11.7. The zero-order valence-electron chi connectivity index (χ0n) is 19.3. The van der Waals surface area contributed by atoms with Gasteiger partial charge in [0, 0.05) is 31.0 Å². The Labute approximate surface area is 189 Å². The number of nitrogens with one attached hydrogen (secondary N) is 1. The van der Waals surface area contributed by atoms with Crippen LogP contribution in [0, 0.1) is 5.92 Å². The molecule has 7 nitrogen and oxygen atoms in total. The van der Waals surface area contributed by atoms with Gasteiger partial charge in [-0.3, -0.25) is 14.5 Å². The van der Waals surface area contributed by atoms with E-state index in [-0.39, 0.29) is 24.3 Å². The van der Waals surface area contributed by atoms with Gasteiger partial charge < -0.3 is 14.6 Å². The molecule has 4 amide bonds. The van der Waals surface area contributed by atoms with Crippen LogP contribution in [0.5, 0.6) is 0 Å². The first-order valence-corrected chi connectivity index (χ1v) is 11.7. The summed E-state index contributed by atoms with van der Waals surface area (Å²) in [6, 6.07) is 7.39. The maximum absolute atomic E-state index is 13.2. The molecule has 4 rings (SSSR count). The summed E-state index contributed by atoms with van der Waals surface area (Å²) in [7, 11) is 1.71. The summed E-state index contributed by atoms with van der Waals surface area (Å²) in [5.41, 5.74) is 0.971. The van der Waals surface area contributed by atoms with E-state index >= 15 is 0 Å². The molecule has 1 aliphatic carbocycles. The zero-order valence-corrected chi connectivity index (χ0v) is 19.3. The fraction of sp³-hybridized carbons (Fsp3) is 0.560. The fourth-order valence-corrected chi connectivity index (χ4v) is 5.08. The molecule has 1 saturated heterocycles. The van der Waals surface area contributed by atoms with Gasteiger partial charge in [-0.15, -0.1) is 0 Å². The molecule has 0 bridgehead atoms. The van der Waals surface area contributed by atoms with Crippen molar-refractivity contribution in [1.29, 1.82) is 0 Å². The third-order valence-corrected chi connectivity index (χ3v) is 7.16. The molecular formula is C25H33N3O4. The lowest BCUT2D eigenvalue weighted by Crippen LogP contribution is -2.54. The minimum atomic E-state index is -0.845. The predicted molar refractivity (Wildman–Crippen MR) is 122 cm³/mol. The topological polar surface area (TPSA) is 82.9 Å². The van der Waals surface area contributed by atoms with Crippen LogP contribution in [0.2, 0.25) is 0 Å². The summed E-state index contributed by atoms with van der Waals surface area (Å²) in [6.45, 7) is 4.28. The van der Waals surface area contributed by atoms with Crippen molar-refractivity contribution in [2.75, 3.05) is 13.6 Å². The fourth-order valence-electron chi connectivity index (χ4n) is 5.08. The van der Waals surface area contributed by atoms with Gasteiger partial charge in [-0.05, 0) is 31.2 Å². The number of amides is 4. The van der Waals surface area contributed by atoms with Gasteiger partial charge in [0.25, 0.3) is 5.91 Å². The van der Waals surface area contributed by atoms with Gasteiger partial charge in [-0.25, -0.2) is 4.79 Å². The molecule has 1 aromatic heterocycles. The summed E-state index contributed by atoms with van der Waals surface area (Å²) in [5.74, 6) is 0.455. The van der Waals surface area contributed by atoms with Crippen LogP contribution in [0.15, 0.2) is 28.7 Å². The first-order chi connectivity index (χ1) is 15.4. The Morgan fingerprint density at radius 2 is 2.06 bits per heavy atom. The van der Waals surface area contributed by atoms with Crippen molar-refractivity contribution in [3.63, 3.8) is 0 Å². The number of hydrogen-bond acceptors (Lipinski definition) is 4. The smallest absolute Gasteiger partial charge is 0.325 e. The van der Waals surface area contributed by atoms with Crippen LogP contribution in [-0.4, -0.2) is 46.8 Å². The van der Waals surface area contributed by atoms with Gasteiger partial charge in [0.15, 0.2) is 0 Å². The molecule has 2 unspecified atom stereocenters. The number of unbranched alkanes of at least 4 members (excludes halogenated alkanes) is 1. The Bertz CT molecular complexity index is 1030. The molecule has 1 N–H and O–H groups in total. The van der Waals surface area contributed by atoms with Crippen LogP contribution in [0.4, 0.5) is 4.79 Å². The number of aryl methyl sites for hydroxylation is 1. The van der Waals surface area contributed by atoms with E-state index in [2.05, 4.69) is 12.2 Å². The third kappa shape index (κ3) is 3.89. The zero-order chi connectivity index (χ0) is 22.9. The summed E-state index contributed by atoms with van der Waals surface area (Å²) >= 11 is 0. The van der Waals surface area contributed by atoms with Gasteiger partial charge in [-0.1, -0.05) is 51.3 Å². The van der Waals surface area contributed by atoms with Crippen LogP contribution < -0.4 is 5.32 Å². The molecule has 1 aliphatic heterocycles. The number of urea groups is 1. The number of carbonyl (C=O) groups is 3. The molecule has 2 heterocycles. The Hall–Kier alpha value is -2.83. The highest BCUT2D eigenvalue weighted by molar-refractivity contribution is 6.09. The third-order valence-electron chi connectivity index (χ3n) is 7.16. The average Bonchev–Trinajstić information content (AvgIpc) is 3.24. The summed E-state index contributed by atoms with van der Waals surface area (Å²) in [5, 5.41) is 3.92. The van der Waals surface area contributed by atoms with Crippen molar-refractivity contribution in [3.8, 4) is 0 Å². The number of fused-ring (bicyclic) bond motifs is 1. The van der Waals surface area contributed by atoms with Crippen molar-refractivity contribution in [2.24, 2.45) is 5.92 Å². The van der Waals surface area contributed by atoms with E-state index in [0.29, 0.717) is 13.0 Å². The Morgan fingerprint density at radius 1 is 1.28 bits per heavy atom. The van der Waals surface area contributed by atoms with Gasteiger partial charge in [0.2, 0.25) is 5.91 Å². The molecule has 1 aromatic carbocycles. The number of furan rings is 1. The van der Waals surface area contributed by atoms with Crippen LogP contribution in [0.25, 0.3) is 11.0 Å². The van der Waals surface area contributed by atoms with Crippen LogP contribution >= 0.6 is 0 Å². The highest BCUT2D eigenvalue weighted by Crippen LogP contribution is 2.38. The van der Waals surface area contributed by atoms with E-state index in [4.69, 9.17) is 4.42 Å². The molecule has 2 aliphatic rings. The van der Waals surface area contributed by atoms with E-state index in [9.17, 15) is 14.4 Å². The van der Waals surface area contributed by atoms with Crippen molar-refractivity contribution < 1.29 is 18.8 Å². The van der Waals surface area contributed by atoms with Crippen LogP contribution in [0.1, 0.15) is 63.7 Å². The predicted octanol–water partition coefficient (Wildman–Crippen LogP) is 4.23. The highest BCUT2D eigenvalue weighted by atomic mass is 16.3. The van der Waals surface area contributed by atoms with E-state index in [0.717, 1.165) is 65.7 Å². The van der Waals surface area contributed by atoms with Gasteiger partial charge in [0.05, 0.1) is 0 Å². The second kappa shape index (κ2) is 8.96. The normalized spacial score (nSPS) is 23.2. The van der Waals surface area contributed by atoms with Crippen molar-refractivity contribution in [2.45, 2.75) is 70.9 Å². The minimum Gasteiger partial charge on any atom is -0.461 e. The molecular weight excluding hydrogens is 406 g/mol. The Morgan fingerprint density at radius 3 is 2.81 bits per heavy atom. The lowest BCUT2D eigenvalue weighted by atomic mass is 9.73. The number of hydrogen-bond donors (Lipinski definition) is 1. The van der Waals surface area contributed by atoms with E-state index in [1.807, 2.05) is 31.2 Å². The van der Waals surface area contributed by atoms with Gasteiger partial charge in [-0.2, -0.15) is 0 Å². The summed E-state index contributed by atoms with van der Waals surface area (Å²) in [4.78, 5) is 41.6. The molecule has 32 heavy (non-hydrogen) atoms. The number of nitrogens with zero attached hydrogens (tertiary/aromatic N) is 2. The number of carbonyl (C=O) groups excluding carboxylic acids is 3. The van der Waals surface area contributed by atoms with Gasteiger partial charge in [0.1, 0.15) is 23.4 Å². The summed E-state index contributed by atoms with van der Waals surface area (Å²) < 4.78 is 6.07. The quantitative estimate of drug-likeness (QED) is 0.655. The van der Waals surface area contributed by atoms with E-state index in [1.54, 1.807) is 11.9 Å². The number of imide groups is 1. The number of benzene rings is 1. The minimum absolute atomic E-state index is 0.0731. The van der Waals surface area contributed by atoms with E-state index < -0.39 is 11.6 Å². The molecule has 0 radical (unpaired) electrons. The first kappa shape index (κ1) is 22.4. The maximum atomic E-state index is 13.2. The Balaban J connectivity index is 1.49. The van der Waals surface area contributed by atoms with Gasteiger partial charge >= 0.3 is 6.03 Å². The molecule has 2 aromatic rings. The molecule has 1 saturated carbocycles. The number of para-hydroxylation sites is 1. The monoisotopic (exact) mass is 439 g/mol. The van der Waals surface area contributed by atoms with Crippen LogP contribution in [-0.2, 0) is 22.6 Å². The van der Waals surface area contributed by atoms with E-state index in [1.165, 1.54) is 0 Å². The molecule has 7 heteroatoms. The second-order valence-corrected chi connectivity index (χ2v) is 9.29. The second-order valence-electron chi connectivity index (χ2n) is 9.29. The average molecular weight is 440 g/mol. The number of likely N-dealkylation sites (N-methyl/N-ethyl adjacent to an activating group) is 1. The molecule has 172 valence electrons. The maximum Gasteiger partial charge on any atom is 0.325 e. The summed E-state index contributed by atoms with van der Waals surface area (Å²) in [6.07, 6.45) is 6.39. The highest BCUT2D eigenvalue weighted by Gasteiger charge is 2.55. The lowest BCUT2D eigenvalue weighted by Gasteiger charge is -2.36. The van der Waals surface area contributed by atoms with Crippen molar-refractivity contribution >= 4 is 28.8 Å². The largest absolute Gasteiger partial charge is 0.461 e. The SMILES string of the molecule is CCCCc1oc2ccccc2c1CN(C)C(=O)CN1C(=O)NC2(CCCCC2C)C1=O. The van der Waals surface area contributed by atoms with Crippen molar-refractivity contribution in [1.82, 2.24) is 15.1 Å².